The fraction of sp³-hybridized carbons (Fsp3) is 0.538. The molecule has 2 rings (SSSR count). The molecule has 0 spiro atoms. The average Bonchev–Trinajstić information content (AvgIpc) is 2.81. The summed E-state index contributed by atoms with van der Waals surface area (Å²) in [6.45, 7) is 0.405. The van der Waals surface area contributed by atoms with Crippen LogP contribution in [0.3, 0.4) is 0 Å². The molecule has 1 fully saturated rings. The van der Waals surface area contributed by atoms with E-state index in [2.05, 4.69) is 10.9 Å². The molecule has 1 heterocycles. The van der Waals surface area contributed by atoms with Gasteiger partial charge in [-0.1, -0.05) is 30.3 Å². The van der Waals surface area contributed by atoms with Gasteiger partial charge in [0, 0.05) is 5.92 Å². The fourth-order valence-corrected chi connectivity index (χ4v) is 2.59. The Morgan fingerprint density at radius 1 is 1.11 bits per heavy atom. The molecule has 1 aromatic carbocycles. The van der Waals surface area contributed by atoms with Crippen LogP contribution in [0.1, 0.15) is 24.4 Å². The Morgan fingerprint density at radius 2 is 1.79 bits per heavy atom. The molecule has 1 aliphatic rings. The number of alkyl halides is 3. The van der Waals surface area contributed by atoms with Crippen LogP contribution in [0, 0.1) is 5.92 Å². The lowest BCUT2D eigenvalue weighted by molar-refractivity contribution is -0.162. The predicted molar refractivity (Wildman–Crippen MR) is 67.1 cm³/mol. The zero-order chi connectivity index (χ0) is 13.9. The first-order chi connectivity index (χ1) is 9.04. The summed E-state index contributed by atoms with van der Waals surface area (Å²) in [6, 6.07) is 7.34. The van der Waals surface area contributed by atoms with Crippen molar-refractivity contribution in [3.8, 4) is 0 Å². The number of rotatable bonds is 4. The van der Waals surface area contributed by atoms with Crippen LogP contribution in [0.5, 0.6) is 0 Å². The topological polar surface area (TPSA) is 50.1 Å². The van der Waals surface area contributed by atoms with Gasteiger partial charge in [-0.3, -0.25) is 0 Å². The van der Waals surface area contributed by atoms with Crippen molar-refractivity contribution < 1.29 is 13.2 Å². The quantitative estimate of drug-likeness (QED) is 0.787. The van der Waals surface area contributed by atoms with E-state index in [0.717, 1.165) is 5.56 Å². The Balaban J connectivity index is 2.19. The van der Waals surface area contributed by atoms with E-state index in [1.54, 1.807) is 0 Å². The van der Waals surface area contributed by atoms with Crippen molar-refractivity contribution >= 4 is 0 Å². The number of hydrazine groups is 1. The SMILES string of the molecule is NCCCC1C(c2ccccc2)NNC1C(F)(F)F. The minimum Gasteiger partial charge on any atom is -0.330 e. The molecule has 0 saturated carbocycles. The highest BCUT2D eigenvalue weighted by molar-refractivity contribution is 5.21. The third-order valence-electron chi connectivity index (χ3n) is 3.50. The Morgan fingerprint density at radius 3 is 2.37 bits per heavy atom. The van der Waals surface area contributed by atoms with Gasteiger partial charge in [0.1, 0.15) is 6.04 Å². The third-order valence-corrected chi connectivity index (χ3v) is 3.50. The molecule has 1 aliphatic heterocycles. The first-order valence-electron chi connectivity index (χ1n) is 6.37. The molecule has 6 heteroatoms. The van der Waals surface area contributed by atoms with Crippen LogP contribution in [0.4, 0.5) is 13.2 Å². The van der Waals surface area contributed by atoms with Crippen molar-refractivity contribution in [2.75, 3.05) is 6.54 Å². The van der Waals surface area contributed by atoms with Gasteiger partial charge < -0.3 is 5.73 Å². The van der Waals surface area contributed by atoms with Crippen LogP contribution in [0.15, 0.2) is 30.3 Å². The van der Waals surface area contributed by atoms with Crippen molar-refractivity contribution in [3.63, 3.8) is 0 Å². The van der Waals surface area contributed by atoms with Crippen LogP contribution in [0.25, 0.3) is 0 Å². The second-order valence-electron chi connectivity index (χ2n) is 4.79. The van der Waals surface area contributed by atoms with Crippen LogP contribution in [0.2, 0.25) is 0 Å². The fourth-order valence-electron chi connectivity index (χ4n) is 2.59. The number of halogens is 3. The number of hydrogen-bond donors (Lipinski definition) is 3. The number of hydrogen-bond acceptors (Lipinski definition) is 3. The standard InChI is InChI=1S/C13H18F3N3/c14-13(15,16)12-10(7-4-8-17)11(18-19-12)9-5-2-1-3-6-9/h1-3,5-6,10-12,18-19H,4,7-8,17H2. The van der Waals surface area contributed by atoms with E-state index in [1.165, 1.54) is 0 Å². The van der Waals surface area contributed by atoms with Crippen LogP contribution < -0.4 is 16.6 Å². The number of nitrogens with one attached hydrogen (secondary N) is 2. The van der Waals surface area contributed by atoms with Crippen LogP contribution in [-0.2, 0) is 0 Å². The van der Waals surface area contributed by atoms with Gasteiger partial charge in [-0.25, -0.2) is 10.9 Å². The average molecular weight is 273 g/mol. The molecular formula is C13H18F3N3. The maximum Gasteiger partial charge on any atom is 0.405 e. The minimum atomic E-state index is -4.25. The van der Waals surface area contributed by atoms with Crippen molar-refractivity contribution in [1.82, 2.24) is 10.9 Å². The van der Waals surface area contributed by atoms with Crippen LogP contribution >= 0.6 is 0 Å². The van der Waals surface area contributed by atoms with E-state index >= 15 is 0 Å². The molecular weight excluding hydrogens is 255 g/mol. The highest BCUT2D eigenvalue weighted by Gasteiger charge is 2.50. The van der Waals surface area contributed by atoms with Crippen molar-refractivity contribution in [1.29, 1.82) is 0 Å². The van der Waals surface area contributed by atoms with Gasteiger partial charge in [0.15, 0.2) is 0 Å². The van der Waals surface area contributed by atoms with Gasteiger partial charge in [-0.2, -0.15) is 13.2 Å². The van der Waals surface area contributed by atoms with E-state index in [4.69, 9.17) is 5.73 Å². The molecule has 19 heavy (non-hydrogen) atoms. The largest absolute Gasteiger partial charge is 0.405 e. The van der Waals surface area contributed by atoms with Crippen molar-refractivity contribution in [2.24, 2.45) is 11.7 Å². The molecule has 0 bridgehead atoms. The molecule has 0 aromatic heterocycles. The molecule has 4 N–H and O–H groups in total. The Hall–Kier alpha value is -1.11. The van der Waals surface area contributed by atoms with E-state index in [9.17, 15) is 13.2 Å². The Bertz CT molecular complexity index is 394. The second kappa shape index (κ2) is 5.90. The Kier molecular flexibility index (Phi) is 4.44. The summed E-state index contributed by atoms with van der Waals surface area (Å²) in [5, 5.41) is 0. The normalized spacial score (nSPS) is 27.7. The summed E-state index contributed by atoms with van der Waals surface area (Å²) < 4.78 is 39.0. The lowest BCUT2D eigenvalue weighted by Crippen LogP contribution is -2.43. The van der Waals surface area contributed by atoms with Gasteiger partial charge in [0.2, 0.25) is 0 Å². The zero-order valence-electron chi connectivity index (χ0n) is 10.5. The summed E-state index contributed by atoms with van der Waals surface area (Å²) in [7, 11) is 0. The predicted octanol–water partition coefficient (Wildman–Crippen LogP) is 2.12. The summed E-state index contributed by atoms with van der Waals surface area (Å²) in [5.74, 6) is -0.536. The summed E-state index contributed by atoms with van der Waals surface area (Å²) in [6.07, 6.45) is -3.22. The van der Waals surface area contributed by atoms with Crippen LogP contribution in [-0.4, -0.2) is 18.8 Å². The number of nitrogens with two attached hydrogens (primary N) is 1. The first kappa shape index (κ1) is 14.3. The molecule has 3 nitrogen and oxygen atoms in total. The maximum atomic E-state index is 13.0. The molecule has 0 radical (unpaired) electrons. The minimum absolute atomic E-state index is 0.334. The van der Waals surface area contributed by atoms with E-state index < -0.39 is 18.1 Å². The number of benzene rings is 1. The first-order valence-corrected chi connectivity index (χ1v) is 6.37. The van der Waals surface area contributed by atoms with Gasteiger partial charge in [0.25, 0.3) is 0 Å². The van der Waals surface area contributed by atoms with Crippen molar-refractivity contribution in [2.45, 2.75) is 31.1 Å². The van der Waals surface area contributed by atoms with E-state index in [0.29, 0.717) is 19.4 Å². The van der Waals surface area contributed by atoms with Crippen molar-refractivity contribution in [3.05, 3.63) is 35.9 Å². The van der Waals surface area contributed by atoms with E-state index in [-0.39, 0.29) is 6.04 Å². The molecule has 3 unspecified atom stereocenters. The molecule has 0 amide bonds. The van der Waals surface area contributed by atoms with Gasteiger partial charge in [-0.15, -0.1) is 0 Å². The summed E-state index contributed by atoms with van der Waals surface area (Å²) in [5.41, 5.74) is 11.5. The van der Waals surface area contributed by atoms with Gasteiger partial charge >= 0.3 is 6.18 Å². The molecule has 1 aromatic rings. The lowest BCUT2D eigenvalue weighted by Gasteiger charge is -2.24. The molecule has 106 valence electrons. The zero-order valence-corrected chi connectivity index (χ0v) is 10.5. The second-order valence-corrected chi connectivity index (χ2v) is 4.79. The Labute approximate surface area is 110 Å². The van der Waals surface area contributed by atoms with Gasteiger partial charge in [0.05, 0.1) is 6.04 Å². The lowest BCUT2D eigenvalue weighted by atomic mass is 9.85. The maximum absolute atomic E-state index is 13.0. The summed E-state index contributed by atoms with van der Waals surface area (Å²) in [4.78, 5) is 0. The smallest absolute Gasteiger partial charge is 0.330 e. The third kappa shape index (κ3) is 3.26. The highest BCUT2D eigenvalue weighted by atomic mass is 19.4. The molecule has 1 saturated heterocycles. The molecule has 0 aliphatic carbocycles. The molecule has 3 atom stereocenters. The summed E-state index contributed by atoms with van der Waals surface area (Å²) >= 11 is 0. The van der Waals surface area contributed by atoms with E-state index in [1.807, 2.05) is 30.3 Å². The van der Waals surface area contributed by atoms with Gasteiger partial charge in [-0.05, 0) is 24.9 Å². The monoisotopic (exact) mass is 273 g/mol. The highest BCUT2D eigenvalue weighted by Crippen LogP contribution is 2.38.